The lowest BCUT2D eigenvalue weighted by atomic mass is 10.0. The summed E-state index contributed by atoms with van der Waals surface area (Å²) in [5, 5.41) is 0. The molecule has 6 nitrogen and oxygen atoms in total. The number of benzene rings is 2. The van der Waals surface area contributed by atoms with Crippen molar-refractivity contribution in [2.24, 2.45) is 0 Å². The minimum Gasteiger partial charge on any atom is -0.378 e. The third-order valence-electron chi connectivity index (χ3n) is 5.37. The Morgan fingerprint density at radius 2 is 1.70 bits per heavy atom. The van der Waals surface area contributed by atoms with Crippen LogP contribution in [0, 0.1) is 0 Å². The number of likely N-dealkylation sites (tertiary alicyclic amines) is 1. The van der Waals surface area contributed by atoms with Crippen LogP contribution in [0.5, 0.6) is 0 Å². The normalized spacial score (nSPS) is 15.3. The molecule has 3 aromatic rings. The summed E-state index contributed by atoms with van der Waals surface area (Å²) < 4.78 is 1.85. The van der Waals surface area contributed by atoms with Gasteiger partial charge in [-0.05, 0) is 49.2 Å². The lowest BCUT2D eigenvalue weighted by Gasteiger charge is -2.32. The number of aromatic amines is 1. The van der Waals surface area contributed by atoms with Gasteiger partial charge < -0.3 is 14.8 Å². The molecule has 1 N–H and O–H groups in total. The quantitative estimate of drug-likeness (QED) is 0.777. The predicted molar refractivity (Wildman–Crippen MR) is 108 cm³/mol. The molecule has 1 aromatic heterocycles. The molecule has 1 aliphatic rings. The van der Waals surface area contributed by atoms with Gasteiger partial charge in [0, 0.05) is 44.5 Å². The molecule has 0 aliphatic carbocycles. The van der Waals surface area contributed by atoms with Crippen molar-refractivity contribution in [1.29, 1.82) is 0 Å². The summed E-state index contributed by atoms with van der Waals surface area (Å²) in [5.41, 5.74) is 3.51. The molecule has 0 bridgehead atoms. The Balaban J connectivity index is 1.47. The molecule has 0 atom stereocenters. The van der Waals surface area contributed by atoms with Crippen molar-refractivity contribution in [3.05, 3.63) is 64.6 Å². The van der Waals surface area contributed by atoms with E-state index in [1.165, 1.54) is 0 Å². The fourth-order valence-electron chi connectivity index (χ4n) is 3.85. The van der Waals surface area contributed by atoms with Gasteiger partial charge in [-0.25, -0.2) is 4.79 Å². The molecule has 4 rings (SSSR count). The summed E-state index contributed by atoms with van der Waals surface area (Å²) in [6.45, 7) is 1.32. The van der Waals surface area contributed by atoms with Crippen LogP contribution < -0.4 is 10.6 Å². The molecule has 1 fully saturated rings. The van der Waals surface area contributed by atoms with Crippen LogP contribution in [0.1, 0.15) is 29.2 Å². The molecule has 1 amide bonds. The molecule has 1 aliphatic heterocycles. The van der Waals surface area contributed by atoms with E-state index in [2.05, 4.69) is 4.98 Å². The number of piperidine rings is 1. The largest absolute Gasteiger partial charge is 0.378 e. The standard InChI is InChI=1S/C21H24N4O2/c1-23(2)16-9-7-15(8-10-16)20(26)24-13-11-17(12-14-24)25-19-6-4-3-5-18(19)22-21(25)27/h3-10,17H,11-14H2,1-2H3,(H,22,27). The van der Waals surface area contributed by atoms with Gasteiger partial charge in [-0.2, -0.15) is 0 Å². The highest BCUT2D eigenvalue weighted by Gasteiger charge is 2.26. The Morgan fingerprint density at radius 3 is 2.37 bits per heavy atom. The Labute approximate surface area is 158 Å². The number of rotatable bonds is 3. The monoisotopic (exact) mass is 364 g/mol. The third-order valence-corrected chi connectivity index (χ3v) is 5.37. The van der Waals surface area contributed by atoms with Crippen LogP contribution >= 0.6 is 0 Å². The van der Waals surface area contributed by atoms with Gasteiger partial charge in [-0.3, -0.25) is 9.36 Å². The highest BCUT2D eigenvalue weighted by atomic mass is 16.2. The van der Waals surface area contributed by atoms with Crippen molar-refractivity contribution in [3.8, 4) is 0 Å². The van der Waals surface area contributed by atoms with E-state index < -0.39 is 0 Å². The third kappa shape index (κ3) is 3.23. The first kappa shape index (κ1) is 17.4. The minimum atomic E-state index is -0.0692. The summed E-state index contributed by atoms with van der Waals surface area (Å²) in [6, 6.07) is 15.6. The molecule has 0 spiro atoms. The Kier molecular flexibility index (Phi) is 4.48. The Bertz CT molecular complexity index is 1010. The SMILES string of the molecule is CN(C)c1ccc(C(=O)N2CCC(n3c(=O)[nH]c4ccccc43)CC2)cc1. The number of para-hydroxylation sites is 2. The number of carbonyl (C=O) groups is 1. The minimum absolute atomic E-state index is 0.0602. The van der Waals surface area contributed by atoms with Crippen LogP contribution in [0.15, 0.2) is 53.3 Å². The molecule has 6 heteroatoms. The molecular weight excluding hydrogens is 340 g/mol. The highest BCUT2D eigenvalue weighted by molar-refractivity contribution is 5.94. The van der Waals surface area contributed by atoms with Gasteiger partial charge >= 0.3 is 5.69 Å². The van der Waals surface area contributed by atoms with Crippen LogP contribution in [0.3, 0.4) is 0 Å². The number of anilines is 1. The average Bonchev–Trinajstić information content (AvgIpc) is 3.03. The van der Waals surface area contributed by atoms with E-state index in [0.717, 1.165) is 29.6 Å². The van der Waals surface area contributed by atoms with Crippen LogP contribution in [0.4, 0.5) is 5.69 Å². The highest BCUT2D eigenvalue weighted by Crippen LogP contribution is 2.26. The lowest BCUT2D eigenvalue weighted by molar-refractivity contribution is 0.0695. The number of nitrogens with one attached hydrogen (secondary N) is 1. The number of hydrogen-bond acceptors (Lipinski definition) is 3. The van der Waals surface area contributed by atoms with Crippen LogP contribution in [0.25, 0.3) is 11.0 Å². The number of nitrogens with zero attached hydrogens (tertiary/aromatic N) is 3. The number of aromatic nitrogens is 2. The zero-order valence-electron chi connectivity index (χ0n) is 15.7. The number of carbonyl (C=O) groups excluding carboxylic acids is 1. The van der Waals surface area contributed by atoms with Crippen molar-refractivity contribution in [1.82, 2.24) is 14.5 Å². The summed E-state index contributed by atoms with van der Waals surface area (Å²) in [6.07, 6.45) is 1.56. The first-order valence-corrected chi connectivity index (χ1v) is 9.30. The molecule has 0 saturated carbocycles. The molecule has 2 aromatic carbocycles. The summed E-state index contributed by atoms with van der Waals surface area (Å²) in [7, 11) is 3.96. The van der Waals surface area contributed by atoms with E-state index >= 15 is 0 Å². The molecule has 0 unspecified atom stereocenters. The van der Waals surface area contributed by atoms with Crippen molar-refractivity contribution < 1.29 is 4.79 Å². The topological polar surface area (TPSA) is 61.3 Å². The maximum absolute atomic E-state index is 12.8. The fourth-order valence-corrected chi connectivity index (χ4v) is 3.85. The van der Waals surface area contributed by atoms with E-state index in [1.54, 1.807) is 0 Å². The maximum Gasteiger partial charge on any atom is 0.326 e. The van der Waals surface area contributed by atoms with Crippen molar-refractivity contribution in [2.45, 2.75) is 18.9 Å². The van der Waals surface area contributed by atoms with Crippen LogP contribution in [-0.4, -0.2) is 47.5 Å². The van der Waals surface area contributed by atoms with Gasteiger partial charge in [0.25, 0.3) is 5.91 Å². The van der Waals surface area contributed by atoms with Crippen molar-refractivity contribution >= 4 is 22.6 Å². The van der Waals surface area contributed by atoms with E-state index in [4.69, 9.17) is 0 Å². The van der Waals surface area contributed by atoms with E-state index in [9.17, 15) is 9.59 Å². The molecule has 0 radical (unpaired) electrons. The molecule has 27 heavy (non-hydrogen) atoms. The predicted octanol–water partition coefficient (Wildman–Crippen LogP) is 2.87. The zero-order valence-corrected chi connectivity index (χ0v) is 15.7. The van der Waals surface area contributed by atoms with E-state index in [0.29, 0.717) is 18.7 Å². The summed E-state index contributed by atoms with van der Waals surface area (Å²) in [4.78, 5) is 32.0. The van der Waals surface area contributed by atoms with Gasteiger partial charge in [-0.15, -0.1) is 0 Å². The van der Waals surface area contributed by atoms with Gasteiger partial charge in [0.1, 0.15) is 0 Å². The summed E-state index contributed by atoms with van der Waals surface area (Å²) >= 11 is 0. The number of fused-ring (bicyclic) bond motifs is 1. The molecule has 1 saturated heterocycles. The maximum atomic E-state index is 12.8. The van der Waals surface area contributed by atoms with Crippen molar-refractivity contribution in [3.63, 3.8) is 0 Å². The Hall–Kier alpha value is -3.02. The Morgan fingerprint density at radius 1 is 1.04 bits per heavy atom. The van der Waals surface area contributed by atoms with Crippen LogP contribution in [-0.2, 0) is 0 Å². The molecule has 2 heterocycles. The first-order chi connectivity index (χ1) is 13.0. The van der Waals surface area contributed by atoms with Crippen LogP contribution in [0.2, 0.25) is 0 Å². The van der Waals surface area contributed by atoms with E-state index in [-0.39, 0.29) is 17.6 Å². The van der Waals surface area contributed by atoms with Gasteiger partial charge in [0.05, 0.1) is 11.0 Å². The number of hydrogen-bond donors (Lipinski definition) is 1. The van der Waals surface area contributed by atoms with Gasteiger partial charge in [0.15, 0.2) is 0 Å². The zero-order chi connectivity index (χ0) is 19.0. The lowest BCUT2D eigenvalue weighted by Crippen LogP contribution is -2.40. The average molecular weight is 364 g/mol. The van der Waals surface area contributed by atoms with E-state index in [1.807, 2.05) is 77.0 Å². The number of H-pyrrole nitrogens is 1. The number of amides is 1. The first-order valence-electron chi connectivity index (χ1n) is 9.30. The van der Waals surface area contributed by atoms with Crippen molar-refractivity contribution in [2.75, 3.05) is 32.1 Å². The van der Waals surface area contributed by atoms with Gasteiger partial charge in [-0.1, -0.05) is 12.1 Å². The van der Waals surface area contributed by atoms with Gasteiger partial charge in [0.2, 0.25) is 0 Å². The molecule has 140 valence electrons. The second kappa shape index (κ2) is 6.95. The summed E-state index contributed by atoms with van der Waals surface area (Å²) in [5.74, 6) is 0.0602. The second-order valence-electron chi connectivity index (χ2n) is 7.28. The smallest absolute Gasteiger partial charge is 0.326 e. The fraction of sp³-hybridized carbons (Fsp3) is 0.333. The second-order valence-corrected chi connectivity index (χ2v) is 7.28. The molecular formula is C21H24N4O2. The number of imidazole rings is 1.